The molecule has 0 aromatic rings. The highest BCUT2D eigenvalue weighted by molar-refractivity contribution is 5.70. The summed E-state index contributed by atoms with van der Waals surface area (Å²) < 4.78 is 5.31. The van der Waals surface area contributed by atoms with E-state index >= 15 is 0 Å². The summed E-state index contributed by atoms with van der Waals surface area (Å²) in [6, 6.07) is 0. The zero-order valence-corrected chi connectivity index (χ0v) is 9.61. The van der Waals surface area contributed by atoms with Gasteiger partial charge < -0.3 is 9.84 Å². The van der Waals surface area contributed by atoms with Crippen LogP contribution >= 0.6 is 0 Å². The quantitative estimate of drug-likeness (QED) is 0.560. The minimum atomic E-state index is -0.805. The van der Waals surface area contributed by atoms with E-state index in [4.69, 9.17) is 9.84 Å². The van der Waals surface area contributed by atoms with E-state index in [0.29, 0.717) is 19.3 Å². The van der Waals surface area contributed by atoms with Gasteiger partial charge in [0.1, 0.15) is 6.10 Å². The third-order valence-electron chi connectivity index (χ3n) is 2.87. The number of aliphatic carboxylic acids is 1. The van der Waals surface area contributed by atoms with Crippen molar-refractivity contribution in [2.24, 2.45) is 0 Å². The van der Waals surface area contributed by atoms with E-state index < -0.39 is 5.97 Å². The molecule has 1 saturated carbocycles. The molecule has 0 aromatic heterocycles. The second-order valence-electron chi connectivity index (χ2n) is 4.35. The molecule has 1 aliphatic carbocycles. The van der Waals surface area contributed by atoms with Gasteiger partial charge in [0.15, 0.2) is 0 Å². The lowest BCUT2D eigenvalue weighted by molar-refractivity contribution is -0.151. The third-order valence-corrected chi connectivity index (χ3v) is 2.87. The molecule has 0 saturated heterocycles. The molecule has 4 heteroatoms. The number of carbonyl (C=O) groups excluding carboxylic acids is 1. The average Bonchev–Trinajstić information content (AvgIpc) is 2.25. The highest BCUT2D eigenvalue weighted by Crippen LogP contribution is 2.20. The second-order valence-corrected chi connectivity index (χ2v) is 4.35. The maximum Gasteiger partial charge on any atom is 0.306 e. The molecular formula is C12H20O4. The molecule has 0 aromatic carbocycles. The van der Waals surface area contributed by atoms with Crippen molar-refractivity contribution in [1.29, 1.82) is 0 Å². The summed E-state index contributed by atoms with van der Waals surface area (Å²) in [7, 11) is 0. The fourth-order valence-corrected chi connectivity index (χ4v) is 1.97. The number of carbonyl (C=O) groups is 2. The lowest BCUT2D eigenvalue weighted by atomic mass is 9.98. The molecule has 1 fully saturated rings. The summed E-state index contributed by atoms with van der Waals surface area (Å²) in [5, 5.41) is 8.42. The molecule has 92 valence electrons. The van der Waals surface area contributed by atoms with Crippen molar-refractivity contribution in [3.8, 4) is 0 Å². The predicted octanol–water partition coefficient (Wildman–Crippen LogP) is 2.51. The normalized spacial score (nSPS) is 17.0. The molecule has 0 atom stereocenters. The number of hydrogen-bond donors (Lipinski definition) is 1. The standard InChI is InChI=1S/C12H20O4/c13-11(14)8-4-5-9-12(15)16-10-6-2-1-3-7-10/h10H,1-9H2,(H,13,14). The average molecular weight is 228 g/mol. The van der Waals surface area contributed by atoms with E-state index in [1.807, 2.05) is 0 Å². The minimum absolute atomic E-state index is 0.112. The van der Waals surface area contributed by atoms with Crippen molar-refractivity contribution in [3.63, 3.8) is 0 Å². The highest BCUT2D eigenvalue weighted by atomic mass is 16.5. The maximum absolute atomic E-state index is 11.4. The fraction of sp³-hybridized carbons (Fsp3) is 0.833. The van der Waals surface area contributed by atoms with Gasteiger partial charge in [-0.25, -0.2) is 0 Å². The summed E-state index contributed by atoms with van der Waals surface area (Å²) in [5.41, 5.74) is 0. The number of hydrogen-bond acceptors (Lipinski definition) is 3. The van der Waals surface area contributed by atoms with Crippen molar-refractivity contribution in [2.45, 2.75) is 63.9 Å². The maximum atomic E-state index is 11.4. The van der Waals surface area contributed by atoms with E-state index in [2.05, 4.69) is 0 Å². The summed E-state index contributed by atoms with van der Waals surface area (Å²) in [4.78, 5) is 21.6. The number of unbranched alkanes of at least 4 members (excludes halogenated alkanes) is 1. The molecule has 0 spiro atoms. The third kappa shape index (κ3) is 5.73. The minimum Gasteiger partial charge on any atom is -0.481 e. The largest absolute Gasteiger partial charge is 0.481 e. The zero-order chi connectivity index (χ0) is 11.8. The SMILES string of the molecule is O=C(O)CCCCC(=O)OC1CCCCC1. The predicted molar refractivity (Wildman–Crippen MR) is 59.1 cm³/mol. The summed E-state index contributed by atoms with van der Waals surface area (Å²) in [6.07, 6.45) is 7.27. The summed E-state index contributed by atoms with van der Waals surface area (Å²) in [6.45, 7) is 0. The van der Waals surface area contributed by atoms with Gasteiger partial charge in [-0.05, 0) is 38.5 Å². The Labute approximate surface area is 96.0 Å². The second kappa shape index (κ2) is 7.25. The van der Waals surface area contributed by atoms with E-state index in [9.17, 15) is 9.59 Å². The van der Waals surface area contributed by atoms with Crippen LogP contribution < -0.4 is 0 Å². The first-order chi connectivity index (χ1) is 7.68. The Bertz CT molecular complexity index is 231. The molecule has 0 heterocycles. The van der Waals surface area contributed by atoms with Gasteiger partial charge in [0.25, 0.3) is 0 Å². The van der Waals surface area contributed by atoms with Gasteiger partial charge in [0, 0.05) is 12.8 Å². The lowest BCUT2D eigenvalue weighted by Gasteiger charge is -2.21. The Kier molecular flexibility index (Phi) is 5.90. The first-order valence-electron chi connectivity index (χ1n) is 6.10. The van der Waals surface area contributed by atoms with Crippen LogP contribution in [-0.4, -0.2) is 23.1 Å². The topological polar surface area (TPSA) is 63.6 Å². The van der Waals surface area contributed by atoms with Crippen LogP contribution in [0, 0.1) is 0 Å². The Morgan fingerprint density at radius 3 is 2.31 bits per heavy atom. The number of carboxylic acid groups (broad SMARTS) is 1. The molecule has 1 N–H and O–H groups in total. The Hall–Kier alpha value is -1.06. The van der Waals surface area contributed by atoms with Crippen LogP contribution in [0.15, 0.2) is 0 Å². The van der Waals surface area contributed by atoms with Crippen molar-refractivity contribution in [3.05, 3.63) is 0 Å². The van der Waals surface area contributed by atoms with Gasteiger partial charge in [-0.15, -0.1) is 0 Å². The summed E-state index contributed by atoms with van der Waals surface area (Å²) >= 11 is 0. The van der Waals surface area contributed by atoms with Crippen molar-refractivity contribution in [1.82, 2.24) is 0 Å². The van der Waals surface area contributed by atoms with Gasteiger partial charge in [-0.1, -0.05) is 6.42 Å². The van der Waals surface area contributed by atoms with Crippen LogP contribution in [0.4, 0.5) is 0 Å². The molecule has 0 unspecified atom stereocenters. The molecule has 0 bridgehead atoms. The van der Waals surface area contributed by atoms with Crippen molar-refractivity contribution < 1.29 is 19.4 Å². The van der Waals surface area contributed by atoms with Crippen LogP contribution in [0.5, 0.6) is 0 Å². The van der Waals surface area contributed by atoms with Gasteiger partial charge in [-0.3, -0.25) is 9.59 Å². The molecule has 0 amide bonds. The lowest BCUT2D eigenvalue weighted by Crippen LogP contribution is -2.20. The first-order valence-corrected chi connectivity index (χ1v) is 6.10. The van der Waals surface area contributed by atoms with Crippen molar-refractivity contribution >= 4 is 11.9 Å². The van der Waals surface area contributed by atoms with Crippen molar-refractivity contribution in [2.75, 3.05) is 0 Å². The fourth-order valence-electron chi connectivity index (χ4n) is 1.97. The van der Waals surface area contributed by atoms with Gasteiger partial charge in [-0.2, -0.15) is 0 Å². The molecule has 0 aliphatic heterocycles. The van der Waals surface area contributed by atoms with E-state index in [-0.39, 0.29) is 18.5 Å². The molecule has 0 radical (unpaired) electrons. The first kappa shape index (κ1) is 13.0. The highest BCUT2D eigenvalue weighted by Gasteiger charge is 2.17. The number of carboxylic acids is 1. The van der Waals surface area contributed by atoms with E-state index in [1.54, 1.807) is 0 Å². The molecule has 1 rings (SSSR count). The Morgan fingerprint density at radius 1 is 1.06 bits per heavy atom. The van der Waals surface area contributed by atoms with Crippen LogP contribution in [0.2, 0.25) is 0 Å². The Balaban J connectivity index is 2.03. The van der Waals surface area contributed by atoms with Gasteiger partial charge >= 0.3 is 11.9 Å². The van der Waals surface area contributed by atoms with Gasteiger partial charge in [0.05, 0.1) is 0 Å². The Morgan fingerprint density at radius 2 is 1.69 bits per heavy atom. The van der Waals surface area contributed by atoms with Crippen LogP contribution in [0.1, 0.15) is 57.8 Å². The van der Waals surface area contributed by atoms with Crippen LogP contribution in [0.3, 0.4) is 0 Å². The van der Waals surface area contributed by atoms with E-state index in [1.165, 1.54) is 6.42 Å². The van der Waals surface area contributed by atoms with E-state index in [0.717, 1.165) is 25.7 Å². The smallest absolute Gasteiger partial charge is 0.306 e. The van der Waals surface area contributed by atoms with Gasteiger partial charge in [0.2, 0.25) is 0 Å². The monoisotopic (exact) mass is 228 g/mol. The molecule has 4 nitrogen and oxygen atoms in total. The number of ether oxygens (including phenoxy) is 1. The molecule has 1 aliphatic rings. The molecular weight excluding hydrogens is 208 g/mol. The molecule has 16 heavy (non-hydrogen) atoms. The van der Waals surface area contributed by atoms with Crippen LogP contribution in [-0.2, 0) is 14.3 Å². The number of rotatable bonds is 6. The number of esters is 1. The summed E-state index contributed by atoms with van der Waals surface area (Å²) in [5.74, 6) is -0.974. The zero-order valence-electron chi connectivity index (χ0n) is 9.61. The van der Waals surface area contributed by atoms with Crippen LogP contribution in [0.25, 0.3) is 0 Å².